The third-order valence-electron chi connectivity index (χ3n) is 4.70. The maximum Gasteiger partial charge on any atom is 0.246 e. The van der Waals surface area contributed by atoms with E-state index in [1.807, 2.05) is 32.9 Å². The first-order valence-electron chi connectivity index (χ1n) is 8.81. The Morgan fingerprint density at radius 2 is 1.81 bits per heavy atom. The van der Waals surface area contributed by atoms with Gasteiger partial charge in [-0.25, -0.2) is 4.39 Å². The van der Waals surface area contributed by atoms with Gasteiger partial charge in [0.15, 0.2) is 11.0 Å². The molecular weight excluding hydrogens is 363 g/mol. The summed E-state index contributed by atoms with van der Waals surface area (Å²) in [4.78, 5) is 29.0. The fourth-order valence-corrected chi connectivity index (χ4v) is 4.04. The van der Waals surface area contributed by atoms with Gasteiger partial charge >= 0.3 is 0 Å². The Labute approximate surface area is 162 Å². The summed E-state index contributed by atoms with van der Waals surface area (Å²) in [6.07, 6.45) is 0.448. The van der Waals surface area contributed by atoms with E-state index in [0.29, 0.717) is 17.2 Å². The Bertz CT molecular complexity index is 893. The van der Waals surface area contributed by atoms with Crippen molar-refractivity contribution in [2.45, 2.75) is 38.0 Å². The van der Waals surface area contributed by atoms with Gasteiger partial charge in [0.1, 0.15) is 10.6 Å². The van der Waals surface area contributed by atoms with Gasteiger partial charge in [0.25, 0.3) is 0 Å². The van der Waals surface area contributed by atoms with E-state index in [1.165, 1.54) is 23.9 Å². The van der Waals surface area contributed by atoms with Crippen LogP contribution < -0.4 is 5.32 Å². The minimum atomic E-state index is -0.810. The summed E-state index contributed by atoms with van der Waals surface area (Å²) in [5, 5.41) is 3.37. The minimum absolute atomic E-state index is 0.0746. The van der Waals surface area contributed by atoms with E-state index in [1.54, 1.807) is 24.3 Å². The normalized spacial score (nSPS) is 21.9. The third kappa shape index (κ3) is 3.95. The van der Waals surface area contributed by atoms with Crippen LogP contribution in [0.15, 0.2) is 53.5 Å². The summed E-state index contributed by atoms with van der Waals surface area (Å²) >= 11 is 1.35. The summed E-state index contributed by atoms with van der Waals surface area (Å²) in [6.45, 7) is 5.56. The molecule has 1 fully saturated rings. The quantitative estimate of drug-likeness (QED) is 0.766. The molecule has 0 spiro atoms. The molecule has 3 rings (SSSR count). The Balaban J connectivity index is 1.81. The van der Waals surface area contributed by atoms with Gasteiger partial charge in [0, 0.05) is 12.0 Å². The number of halogens is 1. The van der Waals surface area contributed by atoms with Crippen molar-refractivity contribution in [3.63, 3.8) is 0 Å². The van der Waals surface area contributed by atoms with Crippen molar-refractivity contribution >= 4 is 28.6 Å². The number of amidine groups is 1. The van der Waals surface area contributed by atoms with Crippen molar-refractivity contribution in [1.29, 1.82) is 0 Å². The average Bonchev–Trinajstić information content (AvgIpc) is 2.96. The molecule has 0 saturated carbocycles. The van der Waals surface area contributed by atoms with Crippen molar-refractivity contribution in [2.24, 2.45) is 4.99 Å². The molecule has 4 nitrogen and oxygen atoms in total. The Kier molecular flexibility index (Phi) is 5.46. The van der Waals surface area contributed by atoms with E-state index in [9.17, 15) is 14.0 Å². The predicted octanol–water partition coefficient (Wildman–Crippen LogP) is 4.61. The maximum atomic E-state index is 13.1. The van der Waals surface area contributed by atoms with Crippen LogP contribution in [0, 0.1) is 5.82 Å². The monoisotopic (exact) mass is 384 g/mol. The zero-order valence-corrected chi connectivity index (χ0v) is 16.3. The number of carbonyl (C=O) groups excluding carboxylic acids is 2. The molecule has 1 unspecified atom stereocenters. The van der Waals surface area contributed by atoms with Crippen LogP contribution in [0.4, 0.5) is 4.39 Å². The highest BCUT2D eigenvalue weighted by Crippen LogP contribution is 2.41. The van der Waals surface area contributed by atoms with Gasteiger partial charge < -0.3 is 5.32 Å². The first-order chi connectivity index (χ1) is 12.8. The number of ketones is 1. The van der Waals surface area contributed by atoms with Gasteiger partial charge in [-0.3, -0.25) is 14.6 Å². The number of benzene rings is 2. The number of carbonyl (C=O) groups is 2. The standard InChI is InChI=1S/C21H21FN2O2S/c1-4-18(25)15-5-9-16(10-6-15)21(3)19(26)24-20(27-21)23-13(2)14-7-11-17(22)12-8-14/h5-13H,4H2,1-3H3,(H,23,24,26)/t13-,21?/m0/s1. The van der Waals surface area contributed by atoms with Crippen LogP contribution in [0.5, 0.6) is 0 Å². The fraction of sp³-hybridized carbons (Fsp3) is 0.286. The van der Waals surface area contributed by atoms with E-state index in [2.05, 4.69) is 10.3 Å². The lowest BCUT2D eigenvalue weighted by Gasteiger charge is -2.19. The number of hydrogen-bond donors (Lipinski definition) is 1. The van der Waals surface area contributed by atoms with Crippen molar-refractivity contribution in [3.8, 4) is 0 Å². The van der Waals surface area contributed by atoms with Gasteiger partial charge in [-0.1, -0.05) is 55.1 Å². The number of amides is 1. The van der Waals surface area contributed by atoms with Gasteiger partial charge in [-0.15, -0.1) is 0 Å². The summed E-state index contributed by atoms with van der Waals surface area (Å²) in [7, 11) is 0. The second-order valence-corrected chi connectivity index (χ2v) is 8.01. The number of aliphatic imine (C=N–C) groups is 1. The first-order valence-corrected chi connectivity index (χ1v) is 9.62. The zero-order chi connectivity index (χ0) is 19.6. The van der Waals surface area contributed by atoms with Crippen LogP contribution in [0.3, 0.4) is 0 Å². The van der Waals surface area contributed by atoms with E-state index in [4.69, 9.17) is 0 Å². The van der Waals surface area contributed by atoms with Crippen LogP contribution >= 0.6 is 11.8 Å². The number of thioether (sulfide) groups is 1. The van der Waals surface area contributed by atoms with Crippen LogP contribution in [-0.4, -0.2) is 16.9 Å². The smallest absolute Gasteiger partial charge is 0.246 e. The lowest BCUT2D eigenvalue weighted by Crippen LogP contribution is -2.31. The molecule has 0 bridgehead atoms. The van der Waals surface area contributed by atoms with E-state index < -0.39 is 4.75 Å². The highest BCUT2D eigenvalue weighted by molar-refractivity contribution is 8.15. The molecule has 1 N–H and O–H groups in total. The van der Waals surface area contributed by atoms with Crippen molar-refractivity contribution < 1.29 is 14.0 Å². The highest BCUT2D eigenvalue weighted by atomic mass is 32.2. The van der Waals surface area contributed by atoms with Crippen molar-refractivity contribution in [1.82, 2.24) is 5.32 Å². The summed E-state index contributed by atoms with van der Waals surface area (Å²) in [5.74, 6) is -0.363. The van der Waals surface area contributed by atoms with Gasteiger partial charge in [0.2, 0.25) is 5.91 Å². The van der Waals surface area contributed by atoms with Crippen molar-refractivity contribution in [3.05, 3.63) is 71.0 Å². The second kappa shape index (κ2) is 7.64. The fourth-order valence-electron chi connectivity index (χ4n) is 2.90. The molecule has 2 atom stereocenters. The topological polar surface area (TPSA) is 58.5 Å². The number of nitrogens with zero attached hydrogens (tertiary/aromatic N) is 1. The summed E-state index contributed by atoms with van der Waals surface area (Å²) in [5.41, 5.74) is 2.33. The predicted molar refractivity (Wildman–Crippen MR) is 106 cm³/mol. The van der Waals surface area contributed by atoms with Crippen LogP contribution in [0.25, 0.3) is 0 Å². The minimum Gasteiger partial charge on any atom is -0.304 e. The van der Waals surface area contributed by atoms with Gasteiger partial charge in [0.05, 0.1) is 6.04 Å². The van der Waals surface area contributed by atoms with Crippen LogP contribution in [0.2, 0.25) is 0 Å². The molecule has 140 valence electrons. The van der Waals surface area contributed by atoms with Crippen LogP contribution in [-0.2, 0) is 9.54 Å². The van der Waals surface area contributed by atoms with E-state index >= 15 is 0 Å². The van der Waals surface area contributed by atoms with Gasteiger partial charge in [-0.2, -0.15) is 0 Å². The molecule has 1 heterocycles. The second-order valence-electron chi connectivity index (χ2n) is 6.61. The molecule has 0 aromatic heterocycles. The molecule has 2 aromatic rings. The maximum absolute atomic E-state index is 13.1. The van der Waals surface area contributed by atoms with Gasteiger partial charge in [-0.05, 0) is 37.1 Å². The molecule has 1 saturated heterocycles. The van der Waals surface area contributed by atoms with E-state index in [-0.39, 0.29) is 23.5 Å². The third-order valence-corrected chi connectivity index (χ3v) is 5.93. The molecule has 1 aliphatic heterocycles. The van der Waals surface area contributed by atoms with Crippen molar-refractivity contribution in [2.75, 3.05) is 0 Å². The molecular formula is C21H21FN2O2S. The number of Topliss-reactive ketones (excluding diaryl/α,β-unsaturated/α-hetero) is 1. The average molecular weight is 384 g/mol. The highest BCUT2D eigenvalue weighted by Gasteiger charge is 2.44. The Hall–Kier alpha value is -2.47. The molecule has 1 amide bonds. The Morgan fingerprint density at radius 3 is 2.41 bits per heavy atom. The summed E-state index contributed by atoms with van der Waals surface area (Å²) < 4.78 is 12.3. The number of nitrogens with one attached hydrogen (secondary N) is 1. The molecule has 0 radical (unpaired) electrons. The molecule has 1 aliphatic rings. The van der Waals surface area contributed by atoms with Crippen LogP contribution in [0.1, 0.15) is 54.7 Å². The molecule has 2 aromatic carbocycles. The molecule has 6 heteroatoms. The Morgan fingerprint density at radius 1 is 1.19 bits per heavy atom. The first kappa shape index (κ1) is 19.3. The number of rotatable bonds is 5. The molecule has 27 heavy (non-hydrogen) atoms. The molecule has 0 aliphatic carbocycles. The lowest BCUT2D eigenvalue weighted by atomic mass is 9.97. The zero-order valence-electron chi connectivity index (χ0n) is 15.5. The number of hydrogen-bond acceptors (Lipinski definition) is 4. The SMILES string of the molecule is CCC(=O)c1ccc(C2(C)SC(=N[C@@H](C)c3ccc(F)cc3)NC2=O)cc1. The summed E-state index contributed by atoms with van der Waals surface area (Å²) in [6, 6.07) is 13.1. The lowest BCUT2D eigenvalue weighted by molar-refractivity contribution is -0.121. The van der Waals surface area contributed by atoms with E-state index in [0.717, 1.165) is 11.1 Å². The largest absolute Gasteiger partial charge is 0.304 e.